The summed E-state index contributed by atoms with van der Waals surface area (Å²) in [5.41, 5.74) is 1.98. The monoisotopic (exact) mass is 694 g/mol. The van der Waals surface area contributed by atoms with Gasteiger partial charge in [-0.1, -0.05) is 73.3 Å². The van der Waals surface area contributed by atoms with E-state index < -0.39 is 11.4 Å². The van der Waals surface area contributed by atoms with Crippen LogP contribution in [0.4, 0.5) is 0 Å². The number of rotatable bonds is 10. The molecule has 0 bridgehead atoms. The summed E-state index contributed by atoms with van der Waals surface area (Å²) in [5.74, 6) is 1.68. The van der Waals surface area contributed by atoms with Crippen LogP contribution in [0.15, 0.2) is 11.1 Å². The van der Waals surface area contributed by atoms with E-state index in [-0.39, 0.29) is 51.5 Å². The van der Waals surface area contributed by atoms with Crippen LogP contribution < -0.4 is 5.32 Å². The maximum absolute atomic E-state index is 14.0. The number of carbonyl (C=O) groups is 3. The van der Waals surface area contributed by atoms with Crippen LogP contribution in [0.25, 0.3) is 0 Å². The van der Waals surface area contributed by atoms with Gasteiger partial charge in [0.2, 0.25) is 0 Å². The van der Waals surface area contributed by atoms with Crippen molar-refractivity contribution in [2.24, 2.45) is 62.1 Å². The maximum Gasteiger partial charge on any atom is 0.309 e. The second-order valence-corrected chi connectivity index (χ2v) is 20.6. The van der Waals surface area contributed by atoms with Gasteiger partial charge in [0.1, 0.15) is 6.10 Å². The van der Waals surface area contributed by atoms with Gasteiger partial charge < -0.3 is 15.2 Å². The molecule has 6 aliphatic carbocycles. The lowest BCUT2D eigenvalue weighted by atomic mass is 9.33. The molecule has 6 aliphatic rings. The van der Waals surface area contributed by atoms with E-state index in [1.165, 1.54) is 63.4 Å². The number of aliphatic carboxylic acids is 1. The Morgan fingerprint density at radius 2 is 1.58 bits per heavy atom. The molecule has 50 heavy (non-hydrogen) atoms. The molecule has 0 radical (unpaired) electrons. The number of ether oxygens (including phenoxy) is 1. The number of esters is 1. The van der Waals surface area contributed by atoms with Crippen LogP contribution in [0.5, 0.6) is 0 Å². The third kappa shape index (κ3) is 6.05. The smallest absolute Gasteiger partial charge is 0.309 e. The zero-order chi connectivity index (χ0) is 36.5. The van der Waals surface area contributed by atoms with E-state index in [2.05, 4.69) is 53.8 Å². The highest BCUT2D eigenvalue weighted by molar-refractivity contribution is 6.00. The highest BCUT2D eigenvalue weighted by atomic mass is 16.5. The van der Waals surface area contributed by atoms with Crippen LogP contribution in [-0.4, -0.2) is 42.0 Å². The number of hydrogen-bond donors (Lipinski definition) is 2. The predicted molar refractivity (Wildman–Crippen MR) is 199 cm³/mol. The number of ketones is 1. The Bertz CT molecular complexity index is 1370. The van der Waals surface area contributed by atoms with Gasteiger partial charge in [0, 0.05) is 17.3 Å². The number of nitrogens with one attached hydrogen (secondary N) is 1. The number of carbonyl (C=O) groups excluding carboxylic acids is 2. The van der Waals surface area contributed by atoms with E-state index >= 15 is 0 Å². The normalized spacial score (nSPS) is 40.2. The van der Waals surface area contributed by atoms with Gasteiger partial charge in [0.05, 0.1) is 11.8 Å². The van der Waals surface area contributed by atoms with Gasteiger partial charge in [-0.15, -0.1) is 0 Å². The number of carboxylic acids is 1. The summed E-state index contributed by atoms with van der Waals surface area (Å²) in [7, 11) is 0. The average molecular weight is 694 g/mol. The van der Waals surface area contributed by atoms with Crippen molar-refractivity contribution in [2.75, 3.05) is 13.1 Å². The molecule has 5 fully saturated rings. The van der Waals surface area contributed by atoms with Crippen LogP contribution in [0.3, 0.4) is 0 Å². The lowest BCUT2D eigenvalue weighted by molar-refractivity contribution is -0.233. The minimum absolute atomic E-state index is 0.0316. The Morgan fingerprint density at radius 3 is 2.24 bits per heavy atom. The number of Topliss-reactive ketones (excluding diaryl/α,β-unsaturated/α-hetero) is 1. The summed E-state index contributed by atoms with van der Waals surface area (Å²) in [5, 5.41) is 13.5. The molecule has 6 rings (SSSR count). The molecule has 282 valence electrons. The van der Waals surface area contributed by atoms with Crippen molar-refractivity contribution in [3.8, 4) is 0 Å². The van der Waals surface area contributed by atoms with Crippen LogP contribution >= 0.6 is 0 Å². The minimum Gasteiger partial charge on any atom is -0.481 e. The molecular formula is C44H71NO5. The van der Waals surface area contributed by atoms with Crippen molar-refractivity contribution in [2.45, 2.75) is 171 Å². The summed E-state index contributed by atoms with van der Waals surface area (Å²) in [6.45, 7) is 22.4. The fourth-order valence-corrected chi connectivity index (χ4v) is 13.9. The highest BCUT2D eigenvalue weighted by Gasteiger charge is 2.70. The molecular weight excluding hydrogens is 622 g/mol. The van der Waals surface area contributed by atoms with Gasteiger partial charge in [-0.25, -0.2) is 0 Å². The van der Waals surface area contributed by atoms with Gasteiger partial charge in [-0.05, 0) is 149 Å². The van der Waals surface area contributed by atoms with E-state index in [9.17, 15) is 19.5 Å². The minimum atomic E-state index is -1.14. The fraction of sp³-hybridized carbons (Fsp3) is 0.886. The number of hydrogen-bond acceptors (Lipinski definition) is 5. The predicted octanol–water partition coefficient (Wildman–Crippen LogP) is 9.94. The van der Waals surface area contributed by atoms with Gasteiger partial charge >= 0.3 is 11.9 Å². The van der Waals surface area contributed by atoms with Crippen molar-refractivity contribution in [1.82, 2.24) is 5.32 Å². The highest BCUT2D eigenvalue weighted by Crippen LogP contribution is 2.77. The summed E-state index contributed by atoms with van der Waals surface area (Å²) >= 11 is 0. The van der Waals surface area contributed by atoms with E-state index in [4.69, 9.17) is 4.74 Å². The number of fused-ring (bicyclic) bond motifs is 7. The van der Waals surface area contributed by atoms with Gasteiger partial charge in [0.15, 0.2) is 5.78 Å². The summed E-state index contributed by atoms with van der Waals surface area (Å²) in [6.07, 6.45) is 17.3. The first-order valence-electron chi connectivity index (χ1n) is 20.7. The summed E-state index contributed by atoms with van der Waals surface area (Å²) in [6, 6.07) is 0. The molecule has 0 heterocycles. The number of carboxylic acid groups (broad SMARTS) is 1. The fourth-order valence-electron chi connectivity index (χ4n) is 13.9. The first-order chi connectivity index (χ1) is 23.3. The van der Waals surface area contributed by atoms with Gasteiger partial charge in [-0.3, -0.25) is 14.4 Å². The zero-order valence-corrected chi connectivity index (χ0v) is 33.3. The van der Waals surface area contributed by atoms with Crippen molar-refractivity contribution >= 4 is 17.7 Å². The molecule has 0 aromatic heterocycles. The second kappa shape index (κ2) is 13.3. The Labute approximate surface area is 304 Å². The van der Waals surface area contributed by atoms with Crippen LogP contribution in [0.2, 0.25) is 0 Å². The largest absolute Gasteiger partial charge is 0.481 e. The van der Waals surface area contributed by atoms with Crippen LogP contribution in [-0.2, 0) is 19.1 Å². The lowest BCUT2D eigenvalue weighted by Crippen LogP contribution is -2.65. The van der Waals surface area contributed by atoms with E-state index in [1.807, 2.05) is 0 Å². The molecule has 0 amide bonds. The molecule has 0 aromatic carbocycles. The van der Waals surface area contributed by atoms with Gasteiger partial charge in [-0.2, -0.15) is 0 Å². The first kappa shape index (κ1) is 38.0. The van der Waals surface area contributed by atoms with E-state index in [0.717, 1.165) is 57.5 Å². The molecule has 6 nitrogen and oxygen atoms in total. The topological polar surface area (TPSA) is 92.7 Å². The van der Waals surface area contributed by atoms with Gasteiger partial charge in [0.25, 0.3) is 0 Å². The molecule has 0 aromatic rings. The van der Waals surface area contributed by atoms with Crippen molar-refractivity contribution in [3.05, 3.63) is 11.1 Å². The maximum atomic E-state index is 14.0. The standard InChI is InChI=1S/C44H71NO5/c1-28(2)36-31(46)25-44(23-24-45-27-29-13-11-10-12-14-29)22-21-42(8)30(37(36)44)15-16-33-41(7)19-18-34(50-35(47)26-39(3,4)38(48)49)40(5,6)32(41)17-20-43(33,42)9/h28-30,32-34,45H,10-27H2,1-9H3,(H,48,49)/t30-,32+,33-,34+,41+,42-,43-,44-/m1/s1. The number of allylic oxidation sites excluding steroid dienone is 2. The summed E-state index contributed by atoms with van der Waals surface area (Å²) in [4.78, 5) is 38.8. The molecule has 8 atom stereocenters. The Morgan fingerprint density at radius 1 is 0.880 bits per heavy atom. The molecule has 2 N–H and O–H groups in total. The zero-order valence-electron chi connectivity index (χ0n) is 33.3. The summed E-state index contributed by atoms with van der Waals surface area (Å²) < 4.78 is 6.19. The molecule has 5 saturated carbocycles. The molecule has 0 spiro atoms. The molecule has 0 saturated heterocycles. The quantitative estimate of drug-likeness (QED) is 0.175. The van der Waals surface area contributed by atoms with Crippen molar-refractivity contribution < 1.29 is 24.2 Å². The Hall–Kier alpha value is -1.69. The van der Waals surface area contributed by atoms with Crippen molar-refractivity contribution in [1.29, 1.82) is 0 Å². The SMILES string of the molecule is CC(C)C1=C2[C@H]3CC[C@@H]4[C@@]5(C)CC[C@H](OC(=O)CC(C)(C)C(=O)O)C(C)(C)[C@@H]5CC[C@@]4(C)[C@]3(C)CC[C@@]2(CCNCC2CCCCC2)CC1=O. The van der Waals surface area contributed by atoms with E-state index in [0.29, 0.717) is 23.5 Å². The lowest BCUT2D eigenvalue weighted by Gasteiger charge is -2.72. The molecule has 0 unspecified atom stereocenters. The molecule has 0 aliphatic heterocycles. The Balaban J connectivity index is 1.23. The average Bonchev–Trinajstić information content (AvgIpc) is 3.33. The first-order valence-corrected chi connectivity index (χ1v) is 20.7. The van der Waals surface area contributed by atoms with E-state index in [1.54, 1.807) is 19.4 Å². The third-order valence-electron chi connectivity index (χ3n) is 16.9. The van der Waals surface area contributed by atoms with Crippen LogP contribution in [0.1, 0.15) is 165 Å². The Kier molecular flexibility index (Phi) is 10.1. The van der Waals surface area contributed by atoms with Crippen molar-refractivity contribution in [3.63, 3.8) is 0 Å². The molecule has 6 heteroatoms. The third-order valence-corrected chi connectivity index (χ3v) is 16.9. The van der Waals surface area contributed by atoms with Crippen LogP contribution in [0, 0.1) is 62.1 Å². The second-order valence-electron chi connectivity index (χ2n) is 20.6.